The van der Waals surface area contributed by atoms with Crippen LogP contribution in [0.4, 0.5) is 0 Å². The molecule has 2 heterocycles. The molecular weight excluding hydrogens is 345 g/mol. The van der Waals surface area contributed by atoms with E-state index < -0.39 is 0 Å². The van der Waals surface area contributed by atoms with E-state index in [1.807, 2.05) is 13.8 Å². The number of likely N-dealkylation sites (N-methyl/N-ethyl adjacent to an activating group) is 1. The van der Waals surface area contributed by atoms with E-state index in [1.54, 1.807) is 24.0 Å². The van der Waals surface area contributed by atoms with Crippen LogP contribution in [0.25, 0.3) is 10.7 Å². The van der Waals surface area contributed by atoms with E-state index in [-0.39, 0.29) is 36.8 Å². The Balaban J connectivity index is 0.00000220. The molecule has 9 heteroatoms. The van der Waals surface area contributed by atoms with Crippen molar-refractivity contribution >= 4 is 42.1 Å². The zero-order chi connectivity index (χ0) is 14.4. The minimum atomic E-state index is -0.166. The number of amides is 1. The molecule has 1 amide bonds. The molecule has 1 atom stereocenters. The van der Waals surface area contributed by atoms with Crippen LogP contribution in [-0.2, 0) is 0 Å². The Labute approximate surface area is 146 Å². The maximum atomic E-state index is 12.0. The van der Waals surface area contributed by atoms with E-state index in [0.29, 0.717) is 22.9 Å². The molecule has 0 aliphatic carbocycles. The second-order valence-corrected chi connectivity index (χ2v) is 5.16. The van der Waals surface area contributed by atoms with Crippen LogP contribution in [0.2, 0.25) is 0 Å². The fourth-order valence-electron chi connectivity index (χ4n) is 1.66. The van der Waals surface area contributed by atoms with E-state index >= 15 is 0 Å². The molecule has 122 valence electrons. The Morgan fingerprint density at radius 2 is 2.14 bits per heavy atom. The summed E-state index contributed by atoms with van der Waals surface area (Å²) in [6.07, 6.45) is 4.84. The van der Waals surface area contributed by atoms with Crippen LogP contribution in [0, 0.1) is 0 Å². The summed E-state index contributed by atoms with van der Waals surface area (Å²) in [5.41, 5.74) is 1.09. The summed E-state index contributed by atoms with van der Waals surface area (Å²) in [4.78, 5) is 24.4. The number of hydrogen-bond acceptors (Lipinski definition) is 6. The highest BCUT2D eigenvalue weighted by atomic mass is 35.5. The zero-order valence-corrected chi connectivity index (χ0v) is 14.7. The molecule has 2 rings (SSSR count). The molecule has 0 unspecified atom stereocenters. The standard InChI is InChI=1S/C13H17N5OS.2ClH/c1-3-15-9(2)6-17-12(19)11-8-20-13(18-11)10-7-14-4-5-16-10;;/h4-5,7-9,15H,3,6H2,1-2H3,(H,17,19);2*1H/t9-;;/m1../s1. The molecule has 0 saturated carbocycles. The highest BCUT2D eigenvalue weighted by molar-refractivity contribution is 7.13. The van der Waals surface area contributed by atoms with Crippen LogP contribution in [0.15, 0.2) is 24.0 Å². The Morgan fingerprint density at radius 3 is 2.77 bits per heavy atom. The number of carbonyl (C=O) groups is 1. The monoisotopic (exact) mass is 363 g/mol. The van der Waals surface area contributed by atoms with Gasteiger partial charge in [0.05, 0.1) is 6.20 Å². The maximum absolute atomic E-state index is 12.0. The van der Waals surface area contributed by atoms with Crippen molar-refractivity contribution in [1.29, 1.82) is 0 Å². The largest absolute Gasteiger partial charge is 0.349 e. The second-order valence-electron chi connectivity index (χ2n) is 4.30. The number of halogens is 2. The van der Waals surface area contributed by atoms with Gasteiger partial charge in [-0.2, -0.15) is 0 Å². The van der Waals surface area contributed by atoms with E-state index in [4.69, 9.17) is 0 Å². The lowest BCUT2D eigenvalue weighted by Crippen LogP contribution is -2.38. The predicted octanol–water partition coefficient (Wildman–Crippen LogP) is 2.17. The number of nitrogens with one attached hydrogen (secondary N) is 2. The van der Waals surface area contributed by atoms with Crippen molar-refractivity contribution in [2.75, 3.05) is 13.1 Å². The lowest BCUT2D eigenvalue weighted by Gasteiger charge is -2.12. The Kier molecular flexibility index (Phi) is 9.84. The molecule has 0 bridgehead atoms. The number of rotatable bonds is 6. The molecule has 6 nitrogen and oxygen atoms in total. The summed E-state index contributed by atoms with van der Waals surface area (Å²) in [5, 5.41) is 8.52. The minimum Gasteiger partial charge on any atom is -0.349 e. The van der Waals surface area contributed by atoms with Crippen LogP contribution in [0.1, 0.15) is 24.3 Å². The first-order valence-corrected chi connectivity index (χ1v) is 7.32. The average molecular weight is 364 g/mol. The van der Waals surface area contributed by atoms with Crippen molar-refractivity contribution in [3.8, 4) is 10.7 Å². The average Bonchev–Trinajstić information content (AvgIpc) is 2.96. The summed E-state index contributed by atoms with van der Waals surface area (Å²) in [7, 11) is 0. The number of nitrogens with zero attached hydrogens (tertiary/aromatic N) is 3. The van der Waals surface area contributed by atoms with Crippen LogP contribution >= 0.6 is 36.2 Å². The summed E-state index contributed by atoms with van der Waals surface area (Å²) in [5.74, 6) is -0.166. The SMILES string of the molecule is CCN[C@H](C)CNC(=O)c1csc(-c2cnccn2)n1.Cl.Cl. The third-order valence-electron chi connectivity index (χ3n) is 2.64. The van der Waals surface area contributed by atoms with Crippen molar-refractivity contribution in [3.63, 3.8) is 0 Å². The van der Waals surface area contributed by atoms with Gasteiger partial charge in [-0.05, 0) is 13.5 Å². The molecule has 2 aromatic rings. The Bertz CT molecular complexity index is 567. The molecule has 0 aliphatic rings. The zero-order valence-electron chi connectivity index (χ0n) is 12.3. The molecule has 0 fully saturated rings. The van der Waals surface area contributed by atoms with Gasteiger partial charge < -0.3 is 10.6 Å². The van der Waals surface area contributed by atoms with Crippen LogP contribution < -0.4 is 10.6 Å². The first kappa shape index (κ1) is 20.7. The molecule has 2 aromatic heterocycles. The number of aromatic nitrogens is 3. The predicted molar refractivity (Wildman–Crippen MR) is 93.1 cm³/mol. The van der Waals surface area contributed by atoms with E-state index in [2.05, 4.69) is 25.6 Å². The molecule has 0 aromatic carbocycles. The number of hydrogen-bond donors (Lipinski definition) is 2. The number of carbonyl (C=O) groups excluding carboxylic acids is 1. The van der Waals surface area contributed by atoms with Gasteiger partial charge in [0.2, 0.25) is 0 Å². The van der Waals surface area contributed by atoms with Gasteiger partial charge in [-0.1, -0.05) is 6.92 Å². The third-order valence-corrected chi connectivity index (χ3v) is 3.51. The fraction of sp³-hybridized carbons (Fsp3) is 0.385. The second kappa shape index (κ2) is 10.4. The number of thiazole rings is 1. The highest BCUT2D eigenvalue weighted by Gasteiger charge is 2.13. The van der Waals surface area contributed by atoms with Crippen molar-refractivity contribution in [2.24, 2.45) is 0 Å². The first-order chi connectivity index (χ1) is 9.70. The maximum Gasteiger partial charge on any atom is 0.270 e. The normalized spacial score (nSPS) is 11.0. The quantitative estimate of drug-likeness (QED) is 0.821. The van der Waals surface area contributed by atoms with E-state index in [0.717, 1.165) is 6.54 Å². The van der Waals surface area contributed by atoms with Crippen LogP contribution in [0.3, 0.4) is 0 Å². The Morgan fingerprint density at radius 1 is 1.36 bits per heavy atom. The Hall–Kier alpha value is -1.28. The lowest BCUT2D eigenvalue weighted by molar-refractivity contribution is 0.0946. The minimum absolute atomic E-state index is 0. The lowest BCUT2D eigenvalue weighted by atomic mass is 10.3. The summed E-state index contributed by atoms with van der Waals surface area (Å²) >= 11 is 1.39. The summed E-state index contributed by atoms with van der Waals surface area (Å²) < 4.78 is 0. The third kappa shape index (κ3) is 5.84. The van der Waals surface area contributed by atoms with Crippen LogP contribution in [0.5, 0.6) is 0 Å². The topological polar surface area (TPSA) is 79.8 Å². The molecule has 2 N–H and O–H groups in total. The van der Waals surface area contributed by atoms with Gasteiger partial charge in [-0.3, -0.25) is 14.8 Å². The molecule has 0 saturated heterocycles. The molecule has 0 aliphatic heterocycles. The smallest absolute Gasteiger partial charge is 0.270 e. The van der Waals surface area contributed by atoms with Gasteiger partial charge >= 0.3 is 0 Å². The highest BCUT2D eigenvalue weighted by Crippen LogP contribution is 2.20. The summed E-state index contributed by atoms with van der Waals surface area (Å²) in [6.45, 7) is 5.51. The van der Waals surface area contributed by atoms with Gasteiger partial charge in [-0.25, -0.2) is 4.98 Å². The molecule has 22 heavy (non-hydrogen) atoms. The summed E-state index contributed by atoms with van der Waals surface area (Å²) in [6, 6.07) is 0.238. The fourth-order valence-corrected chi connectivity index (χ4v) is 2.42. The van der Waals surface area contributed by atoms with Gasteiger partial charge in [0, 0.05) is 30.4 Å². The van der Waals surface area contributed by atoms with E-state index in [1.165, 1.54) is 11.3 Å². The first-order valence-electron chi connectivity index (χ1n) is 6.44. The van der Waals surface area contributed by atoms with Crippen LogP contribution in [-0.4, -0.2) is 40.0 Å². The molecule has 0 spiro atoms. The van der Waals surface area contributed by atoms with E-state index in [9.17, 15) is 4.79 Å². The molecule has 0 radical (unpaired) electrons. The van der Waals surface area contributed by atoms with Gasteiger partial charge in [0.15, 0.2) is 0 Å². The van der Waals surface area contributed by atoms with Crippen molar-refractivity contribution in [2.45, 2.75) is 19.9 Å². The van der Waals surface area contributed by atoms with Gasteiger partial charge in [0.1, 0.15) is 16.4 Å². The van der Waals surface area contributed by atoms with Crippen molar-refractivity contribution < 1.29 is 4.79 Å². The van der Waals surface area contributed by atoms with Gasteiger partial charge in [-0.15, -0.1) is 36.2 Å². The molecular formula is C13H19Cl2N5OS. The van der Waals surface area contributed by atoms with Crippen molar-refractivity contribution in [1.82, 2.24) is 25.6 Å². The van der Waals surface area contributed by atoms with Crippen molar-refractivity contribution in [3.05, 3.63) is 29.7 Å². The van der Waals surface area contributed by atoms with Gasteiger partial charge in [0.25, 0.3) is 5.91 Å².